The van der Waals surface area contributed by atoms with Crippen molar-refractivity contribution in [3.63, 3.8) is 0 Å². The molecule has 0 aliphatic carbocycles. The molecule has 3 unspecified atom stereocenters. The molecule has 0 bridgehead atoms. The van der Waals surface area contributed by atoms with Gasteiger partial charge in [0.15, 0.2) is 0 Å². The molecule has 4 nitrogen and oxygen atoms in total. The Morgan fingerprint density at radius 2 is 2.13 bits per heavy atom. The van der Waals surface area contributed by atoms with E-state index in [1.54, 1.807) is 6.92 Å². The Morgan fingerprint density at radius 3 is 2.78 bits per heavy atom. The number of ether oxygens (including phenoxy) is 2. The summed E-state index contributed by atoms with van der Waals surface area (Å²) in [6, 6.07) is 8.41. The number of carbonyl (C=O) groups is 1. The lowest BCUT2D eigenvalue weighted by molar-refractivity contribution is -0.134. The van der Waals surface area contributed by atoms with Crippen molar-refractivity contribution < 1.29 is 14.3 Å². The van der Waals surface area contributed by atoms with Crippen molar-refractivity contribution in [1.29, 1.82) is 0 Å². The highest BCUT2D eigenvalue weighted by Crippen LogP contribution is 2.14. The number of amides is 1. The summed E-state index contributed by atoms with van der Waals surface area (Å²) in [5, 5.41) is 3.02. The van der Waals surface area contributed by atoms with Gasteiger partial charge in [0.05, 0.1) is 12.7 Å². The van der Waals surface area contributed by atoms with Gasteiger partial charge in [0, 0.05) is 17.1 Å². The summed E-state index contributed by atoms with van der Waals surface area (Å²) in [5.74, 6) is -0.0497. The Balaban J connectivity index is 1.65. The van der Waals surface area contributed by atoms with Crippen LogP contribution in [0.2, 0.25) is 0 Å². The van der Waals surface area contributed by atoms with Crippen LogP contribution in [0.5, 0.6) is 0 Å². The zero-order valence-corrected chi connectivity index (χ0v) is 15.5. The van der Waals surface area contributed by atoms with Gasteiger partial charge in [0.1, 0.15) is 6.10 Å². The van der Waals surface area contributed by atoms with Crippen LogP contribution in [-0.2, 0) is 20.7 Å². The van der Waals surface area contributed by atoms with E-state index in [-0.39, 0.29) is 18.1 Å². The van der Waals surface area contributed by atoms with Crippen LogP contribution in [0, 0.1) is 0 Å². The predicted octanol–water partition coefficient (Wildman–Crippen LogP) is 3.47. The molecule has 0 saturated carbocycles. The molecule has 2 rings (SSSR count). The molecule has 1 saturated heterocycles. The van der Waals surface area contributed by atoms with E-state index in [2.05, 4.69) is 33.4 Å². The second kappa shape index (κ2) is 9.40. The minimum atomic E-state index is -0.436. The highest BCUT2D eigenvalue weighted by atomic mass is 79.9. The van der Waals surface area contributed by atoms with Gasteiger partial charge in [0.2, 0.25) is 5.91 Å². The minimum Gasteiger partial charge on any atom is -0.376 e. The molecule has 1 aromatic rings. The van der Waals surface area contributed by atoms with Crippen LogP contribution >= 0.6 is 15.9 Å². The summed E-state index contributed by atoms with van der Waals surface area (Å²) >= 11 is 3.43. The summed E-state index contributed by atoms with van der Waals surface area (Å²) < 4.78 is 12.2. The molecule has 3 atom stereocenters. The lowest BCUT2D eigenvalue weighted by atomic mass is 10.1. The Hall–Kier alpha value is -0.910. The molecule has 1 aliphatic rings. The maximum absolute atomic E-state index is 12.1. The first-order valence-corrected chi connectivity index (χ1v) is 9.12. The molecular formula is C18H26BrNO3. The fourth-order valence-corrected chi connectivity index (χ4v) is 2.83. The third-order valence-corrected chi connectivity index (χ3v) is 4.62. The molecule has 1 aliphatic heterocycles. The van der Waals surface area contributed by atoms with Crippen LogP contribution in [-0.4, -0.2) is 37.4 Å². The minimum absolute atomic E-state index is 0.0497. The van der Waals surface area contributed by atoms with Crippen molar-refractivity contribution in [2.45, 2.75) is 57.8 Å². The first-order valence-electron chi connectivity index (χ1n) is 8.32. The van der Waals surface area contributed by atoms with Gasteiger partial charge in [-0.3, -0.25) is 4.79 Å². The number of hydrogen-bond donors (Lipinski definition) is 1. The fourth-order valence-electron chi connectivity index (χ4n) is 2.57. The Bertz CT molecular complexity index is 486. The van der Waals surface area contributed by atoms with Gasteiger partial charge < -0.3 is 14.8 Å². The zero-order chi connectivity index (χ0) is 16.7. The Labute approximate surface area is 147 Å². The quantitative estimate of drug-likeness (QED) is 0.747. The monoisotopic (exact) mass is 383 g/mol. The smallest absolute Gasteiger partial charge is 0.249 e. The van der Waals surface area contributed by atoms with E-state index in [1.165, 1.54) is 5.56 Å². The Morgan fingerprint density at radius 1 is 1.39 bits per heavy atom. The van der Waals surface area contributed by atoms with Crippen molar-refractivity contribution in [3.8, 4) is 0 Å². The van der Waals surface area contributed by atoms with E-state index in [9.17, 15) is 4.79 Å². The van der Waals surface area contributed by atoms with E-state index in [1.807, 2.05) is 19.1 Å². The van der Waals surface area contributed by atoms with Crippen LogP contribution < -0.4 is 5.32 Å². The number of benzene rings is 1. The topological polar surface area (TPSA) is 47.6 Å². The van der Waals surface area contributed by atoms with Crippen LogP contribution in [0.1, 0.15) is 38.7 Å². The zero-order valence-electron chi connectivity index (χ0n) is 13.9. The number of halogens is 1. The largest absolute Gasteiger partial charge is 0.376 e. The molecule has 0 aromatic heterocycles. The molecule has 0 radical (unpaired) electrons. The van der Waals surface area contributed by atoms with Crippen LogP contribution in [0.4, 0.5) is 0 Å². The highest BCUT2D eigenvalue weighted by molar-refractivity contribution is 9.10. The average Bonchev–Trinajstić information content (AvgIpc) is 3.05. The molecule has 128 valence electrons. The molecular weight excluding hydrogens is 358 g/mol. The van der Waals surface area contributed by atoms with Crippen LogP contribution in [0.15, 0.2) is 28.7 Å². The lowest BCUT2D eigenvalue weighted by Crippen LogP contribution is -2.41. The average molecular weight is 384 g/mol. The van der Waals surface area contributed by atoms with Gasteiger partial charge in [-0.15, -0.1) is 0 Å². The summed E-state index contributed by atoms with van der Waals surface area (Å²) in [6.45, 7) is 5.14. The number of nitrogens with one attached hydrogen (secondary N) is 1. The summed E-state index contributed by atoms with van der Waals surface area (Å²) in [6.07, 6.45) is 3.68. The van der Waals surface area contributed by atoms with Gasteiger partial charge in [0.25, 0.3) is 0 Å². The van der Waals surface area contributed by atoms with Crippen molar-refractivity contribution in [2.24, 2.45) is 0 Å². The number of aryl methyl sites for hydroxylation is 1. The van der Waals surface area contributed by atoms with E-state index in [0.29, 0.717) is 6.61 Å². The summed E-state index contributed by atoms with van der Waals surface area (Å²) in [5.41, 5.74) is 1.27. The maximum Gasteiger partial charge on any atom is 0.249 e. The van der Waals surface area contributed by atoms with E-state index in [0.717, 1.165) is 36.8 Å². The first-order chi connectivity index (χ1) is 11.0. The van der Waals surface area contributed by atoms with Crippen LogP contribution in [0.3, 0.4) is 0 Å². The Kier molecular flexibility index (Phi) is 7.53. The van der Waals surface area contributed by atoms with E-state index in [4.69, 9.17) is 9.47 Å². The predicted molar refractivity (Wildman–Crippen MR) is 94.5 cm³/mol. The molecule has 23 heavy (non-hydrogen) atoms. The third-order valence-electron chi connectivity index (χ3n) is 4.09. The van der Waals surface area contributed by atoms with Gasteiger partial charge in [-0.25, -0.2) is 0 Å². The molecule has 1 amide bonds. The number of hydrogen-bond acceptors (Lipinski definition) is 3. The molecule has 1 heterocycles. The first kappa shape index (κ1) is 18.4. The van der Waals surface area contributed by atoms with Crippen LogP contribution in [0.25, 0.3) is 0 Å². The normalized spacial score (nSPS) is 20.2. The molecule has 0 spiro atoms. The van der Waals surface area contributed by atoms with Crippen molar-refractivity contribution in [3.05, 3.63) is 34.3 Å². The summed E-state index contributed by atoms with van der Waals surface area (Å²) in [4.78, 5) is 12.1. The second-order valence-electron chi connectivity index (χ2n) is 6.19. The van der Waals surface area contributed by atoms with Gasteiger partial charge >= 0.3 is 0 Å². The number of rotatable bonds is 8. The second-order valence-corrected chi connectivity index (χ2v) is 7.10. The van der Waals surface area contributed by atoms with Crippen molar-refractivity contribution in [1.82, 2.24) is 5.32 Å². The molecule has 1 N–H and O–H groups in total. The third kappa shape index (κ3) is 6.61. The standard InChI is InChI=1S/C18H26BrNO3/c1-13(5-6-15-7-9-16(19)10-8-15)20-18(21)14(2)23-12-17-4-3-11-22-17/h7-10,13-14,17H,3-6,11-12H2,1-2H3,(H,20,21). The van der Waals surface area contributed by atoms with Gasteiger partial charge in [-0.2, -0.15) is 0 Å². The SMILES string of the molecule is CC(CCc1ccc(Br)cc1)NC(=O)C(C)OCC1CCCO1. The van der Waals surface area contributed by atoms with Gasteiger partial charge in [-0.05, 0) is 57.2 Å². The van der Waals surface area contributed by atoms with Crippen molar-refractivity contribution in [2.75, 3.05) is 13.2 Å². The van der Waals surface area contributed by atoms with Gasteiger partial charge in [-0.1, -0.05) is 28.1 Å². The van der Waals surface area contributed by atoms with E-state index >= 15 is 0 Å². The highest BCUT2D eigenvalue weighted by Gasteiger charge is 2.20. The fraction of sp³-hybridized carbons (Fsp3) is 0.611. The maximum atomic E-state index is 12.1. The molecule has 5 heteroatoms. The van der Waals surface area contributed by atoms with Crippen molar-refractivity contribution >= 4 is 21.8 Å². The molecule has 1 aromatic carbocycles. The molecule has 1 fully saturated rings. The van der Waals surface area contributed by atoms with E-state index < -0.39 is 6.10 Å². The summed E-state index contributed by atoms with van der Waals surface area (Å²) in [7, 11) is 0. The number of carbonyl (C=O) groups excluding carboxylic acids is 1. The lowest BCUT2D eigenvalue weighted by Gasteiger charge is -2.19.